The van der Waals surface area contributed by atoms with Gasteiger partial charge in [-0.3, -0.25) is 9.89 Å². The van der Waals surface area contributed by atoms with Crippen molar-refractivity contribution in [2.45, 2.75) is 24.2 Å². The number of hydrogen-bond acceptors (Lipinski definition) is 4. The van der Waals surface area contributed by atoms with E-state index in [-0.39, 0.29) is 19.0 Å². The van der Waals surface area contributed by atoms with Crippen LogP contribution in [0, 0.1) is 0 Å². The fraction of sp³-hybridized carbons (Fsp3) is 0.333. The Kier molecular flexibility index (Phi) is 4.40. The van der Waals surface area contributed by atoms with Gasteiger partial charge in [-0.05, 0) is 48.6 Å². The molecular weight excluding hydrogens is 388 g/mol. The van der Waals surface area contributed by atoms with Gasteiger partial charge in [0.1, 0.15) is 0 Å². The number of fused-ring (bicyclic) bond motifs is 2. The standard InChI is InChI=1S/C21H22N4O3S/c26-21(20-18-6-1-2-7-19(18)22-23-20)24-10-12-25(13-11-24)29(27,28)17-9-8-15-4-3-5-16(15)14-17/h1-2,6-9,14H,3-5,10-13H2,(H,22,23). The topological polar surface area (TPSA) is 86.4 Å². The number of carbonyl (C=O) groups excluding carboxylic acids is 1. The van der Waals surface area contributed by atoms with Crippen molar-refractivity contribution >= 4 is 26.8 Å². The van der Waals surface area contributed by atoms with E-state index < -0.39 is 10.0 Å². The number of piperazine rings is 1. The maximum atomic E-state index is 13.1. The molecule has 2 aromatic carbocycles. The van der Waals surface area contributed by atoms with Crippen LogP contribution >= 0.6 is 0 Å². The molecular formula is C21H22N4O3S. The fourth-order valence-electron chi connectivity index (χ4n) is 4.27. The summed E-state index contributed by atoms with van der Waals surface area (Å²) in [7, 11) is -3.55. The lowest BCUT2D eigenvalue weighted by atomic mass is 10.1. The molecule has 1 fully saturated rings. The monoisotopic (exact) mass is 410 g/mol. The van der Waals surface area contributed by atoms with Gasteiger partial charge in [0.2, 0.25) is 10.0 Å². The molecule has 7 nitrogen and oxygen atoms in total. The summed E-state index contributed by atoms with van der Waals surface area (Å²) < 4.78 is 27.6. The van der Waals surface area contributed by atoms with E-state index in [1.54, 1.807) is 11.0 Å². The van der Waals surface area contributed by atoms with Crippen LogP contribution in [-0.2, 0) is 22.9 Å². The molecule has 0 bridgehead atoms. The van der Waals surface area contributed by atoms with E-state index in [2.05, 4.69) is 10.2 Å². The zero-order valence-corrected chi connectivity index (χ0v) is 16.8. The minimum atomic E-state index is -3.55. The number of aryl methyl sites for hydroxylation is 2. The molecule has 0 radical (unpaired) electrons. The lowest BCUT2D eigenvalue weighted by Crippen LogP contribution is -2.50. The average molecular weight is 410 g/mol. The first-order chi connectivity index (χ1) is 14.0. The van der Waals surface area contributed by atoms with Crippen LogP contribution in [0.1, 0.15) is 28.0 Å². The first kappa shape index (κ1) is 18.3. The van der Waals surface area contributed by atoms with Crippen molar-refractivity contribution in [2.75, 3.05) is 26.2 Å². The maximum absolute atomic E-state index is 13.1. The molecule has 3 aromatic rings. The van der Waals surface area contributed by atoms with Gasteiger partial charge in [0, 0.05) is 31.6 Å². The minimum absolute atomic E-state index is 0.169. The van der Waals surface area contributed by atoms with Gasteiger partial charge in [-0.25, -0.2) is 8.42 Å². The number of aromatic amines is 1. The van der Waals surface area contributed by atoms with Crippen LogP contribution in [0.5, 0.6) is 0 Å². The highest BCUT2D eigenvalue weighted by Gasteiger charge is 2.32. The van der Waals surface area contributed by atoms with Crippen molar-refractivity contribution in [1.29, 1.82) is 0 Å². The molecule has 29 heavy (non-hydrogen) atoms. The summed E-state index contributed by atoms with van der Waals surface area (Å²) in [6.45, 7) is 1.27. The number of nitrogens with one attached hydrogen (secondary N) is 1. The number of nitrogens with zero attached hydrogens (tertiary/aromatic N) is 3. The molecule has 1 aliphatic heterocycles. The Morgan fingerprint density at radius 2 is 1.72 bits per heavy atom. The van der Waals surface area contributed by atoms with Gasteiger partial charge in [0.15, 0.2) is 5.69 Å². The third-order valence-corrected chi connectivity index (χ3v) is 7.80. The summed E-state index contributed by atoms with van der Waals surface area (Å²) in [6.07, 6.45) is 3.05. The number of carbonyl (C=O) groups is 1. The Morgan fingerprint density at radius 1 is 0.966 bits per heavy atom. The van der Waals surface area contributed by atoms with Crippen molar-refractivity contribution in [3.63, 3.8) is 0 Å². The highest BCUT2D eigenvalue weighted by atomic mass is 32.2. The number of sulfonamides is 1. The van der Waals surface area contributed by atoms with Crippen LogP contribution in [0.15, 0.2) is 47.4 Å². The summed E-state index contributed by atoms with van der Waals surface area (Å²) in [5, 5.41) is 7.83. The van der Waals surface area contributed by atoms with Crippen molar-refractivity contribution < 1.29 is 13.2 Å². The zero-order valence-electron chi connectivity index (χ0n) is 16.0. The summed E-state index contributed by atoms with van der Waals surface area (Å²) >= 11 is 0. The van der Waals surface area contributed by atoms with Gasteiger partial charge in [-0.1, -0.05) is 24.3 Å². The van der Waals surface area contributed by atoms with Crippen LogP contribution in [0.25, 0.3) is 10.9 Å². The van der Waals surface area contributed by atoms with Crippen LogP contribution in [0.2, 0.25) is 0 Å². The molecule has 0 spiro atoms. The predicted octanol–water partition coefficient (Wildman–Crippen LogP) is 2.20. The van der Waals surface area contributed by atoms with E-state index in [1.807, 2.05) is 36.4 Å². The van der Waals surface area contributed by atoms with Crippen LogP contribution in [0.4, 0.5) is 0 Å². The van der Waals surface area contributed by atoms with Gasteiger partial charge in [0.25, 0.3) is 5.91 Å². The quantitative estimate of drug-likeness (QED) is 0.717. The Bertz CT molecular complexity index is 1190. The van der Waals surface area contributed by atoms with Crippen molar-refractivity contribution in [2.24, 2.45) is 0 Å². The average Bonchev–Trinajstić information content (AvgIpc) is 3.39. The lowest BCUT2D eigenvalue weighted by Gasteiger charge is -2.33. The van der Waals surface area contributed by atoms with Crippen molar-refractivity contribution in [3.05, 3.63) is 59.3 Å². The molecule has 8 heteroatoms. The first-order valence-corrected chi connectivity index (χ1v) is 11.3. The number of hydrogen-bond donors (Lipinski definition) is 1. The molecule has 0 atom stereocenters. The Morgan fingerprint density at radius 3 is 2.55 bits per heavy atom. The number of H-pyrrole nitrogens is 1. The lowest BCUT2D eigenvalue weighted by molar-refractivity contribution is 0.0694. The molecule has 1 aliphatic carbocycles. The predicted molar refractivity (Wildman–Crippen MR) is 109 cm³/mol. The van der Waals surface area contributed by atoms with Crippen LogP contribution in [0.3, 0.4) is 0 Å². The van der Waals surface area contributed by atoms with E-state index in [9.17, 15) is 13.2 Å². The summed E-state index contributed by atoms with van der Waals surface area (Å²) in [4.78, 5) is 14.9. The highest BCUT2D eigenvalue weighted by molar-refractivity contribution is 7.89. The molecule has 1 aromatic heterocycles. The fourth-order valence-corrected chi connectivity index (χ4v) is 5.74. The van der Waals surface area contributed by atoms with Crippen LogP contribution < -0.4 is 0 Å². The van der Waals surface area contributed by atoms with E-state index in [1.165, 1.54) is 9.87 Å². The summed E-state index contributed by atoms with van der Waals surface area (Å²) in [6, 6.07) is 13.0. The van der Waals surface area contributed by atoms with Gasteiger partial charge >= 0.3 is 0 Å². The van der Waals surface area contributed by atoms with Crippen molar-refractivity contribution in [1.82, 2.24) is 19.4 Å². The molecule has 2 aliphatic rings. The van der Waals surface area contributed by atoms with Crippen molar-refractivity contribution in [3.8, 4) is 0 Å². The SMILES string of the molecule is O=C(c1n[nH]c2ccccc12)N1CCN(S(=O)(=O)c2ccc3c(c2)CCC3)CC1. The third-order valence-electron chi connectivity index (χ3n) is 5.91. The van der Waals surface area contributed by atoms with Gasteiger partial charge < -0.3 is 4.90 Å². The maximum Gasteiger partial charge on any atom is 0.275 e. The second kappa shape index (κ2) is 6.96. The molecule has 1 saturated heterocycles. The molecule has 150 valence electrons. The van der Waals surface area contributed by atoms with E-state index in [0.29, 0.717) is 23.7 Å². The number of para-hydroxylation sites is 1. The van der Waals surface area contributed by atoms with Gasteiger partial charge in [-0.15, -0.1) is 0 Å². The Hall–Kier alpha value is -2.71. The smallest absolute Gasteiger partial charge is 0.275 e. The molecule has 5 rings (SSSR count). The van der Waals surface area contributed by atoms with E-state index >= 15 is 0 Å². The summed E-state index contributed by atoms with van der Waals surface area (Å²) in [5.41, 5.74) is 3.60. The highest BCUT2D eigenvalue weighted by Crippen LogP contribution is 2.27. The van der Waals surface area contributed by atoms with E-state index in [0.717, 1.165) is 35.7 Å². The number of rotatable bonds is 3. The first-order valence-electron chi connectivity index (χ1n) is 9.88. The Labute approximate surface area is 169 Å². The Balaban J connectivity index is 1.31. The zero-order chi connectivity index (χ0) is 20.0. The number of amides is 1. The van der Waals surface area contributed by atoms with E-state index in [4.69, 9.17) is 0 Å². The molecule has 1 amide bonds. The number of benzene rings is 2. The molecule has 0 unspecified atom stereocenters. The van der Waals surface area contributed by atoms with Gasteiger partial charge in [0.05, 0.1) is 10.4 Å². The molecule has 2 heterocycles. The number of aromatic nitrogens is 2. The molecule has 0 saturated carbocycles. The molecule has 1 N–H and O–H groups in total. The second-order valence-electron chi connectivity index (χ2n) is 7.60. The van der Waals surface area contributed by atoms with Gasteiger partial charge in [-0.2, -0.15) is 9.40 Å². The third kappa shape index (κ3) is 3.12. The largest absolute Gasteiger partial charge is 0.335 e. The summed E-state index contributed by atoms with van der Waals surface area (Å²) in [5.74, 6) is -0.169. The minimum Gasteiger partial charge on any atom is -0.335 e. The second-order valence-corrected chi connectivity index (χ2v) is 9.54. The van der Waals surface area contributed by atoms with Crippen LogP contribution in [-0.4, -0.2) is 59.9 Å². The normalized spacial score (nSPS) is 17.6.